The Morgan fingerprint density at radius 2 is 1.82 bits per heavy atom. The summed E-state index contributed by atoms with van der Waals surface area (Å²) >= 11 is 1.04. The molecule has 0 radical (unpaired) electrons. The molecule has 1 fully saturated rings. The van der Waals surface area contributed by atoms with E-state index in [4.69, 9.17) is 23.7 Å². The van der Waals surface area contributed by atoms with Gasteiger partial charge in [-0.2, -0.15) is 4.37 Å². The second-order valence-corrected chi connectivity index (χ2v) is 6.27. The van der Waals surface area contributed by atoms with Crippen LogP contribution in [0.2, 0.25) is 0 Å². The van der Waals surface area contributed by atoms with Crippen LogP contribution >= 0.6 is 11.7 Å². The quantitative estimate of drug-likeness (QED) is 0.692. The van der Waals surface area contributed by atoms with Crippen molar-refractivity contribution in [3.63, 3.8) is 0 Å². The molecule has 1 amide bonds. The number of rotatable bonds is 8. The maximum atomic E-state index is 12.3. The van der Waals surface area contributed by atoms with E-state index in [1.165, 1.54) is 21.3 Å². The number of carbonyl (C=O) groups is 1. The van der Waals surface area contributed by atoms with Gasteiger partial charge in [0.2, 0.25) is 11.6 Å². The Balaban J connectivity index is 1.63. The number of benzene rings is 1. The number of nitrogens with zero attached hydrogens (tertiary/aromatic N) is 3. The Hall–Kier alpha value is -2.79. The summed E-state index contributed by atoms with van der Waals surface area (Å²) in [6.07, 6.45) is 0. The van der Waals surface area contributed by atoms with E-state index < -0.39 is 0 Å². The Kier molecular flexibility index (Phi) is 6.71. The van der Waals surface area contributed by atoms with Crippen LogP contribution in [0.1, 0.15) is 0 Å². The van der Waals surface area contributed by atoms with Crippen molar-refractivity contribution in [3.05, 3.63) is 12.1 Å². The van der Waals surface area contributed by atoms with E-state index in [0.29, 0.717) is 60.9 Å². The van der Waals surface area contributed by atoms with Crippen LogP contribution in [0.15, 0.2) is 12.1 Å². The van der Waals surface area contributed by atoms with E-state index in [1.807, 2.05) is 4.90 Å². The molecule has 0 saturated carbocycles. The molecule has 0 unspecified atom stereocenters. The van der Waals surface area contributed by atoms with Crippen molar-refractivity contribution in [1.82, 2.24) is 8.75 Å². The zero-order chi connectivity index (χ0) is 19.9. The van der Waals surface area contributed by atoms with Crippen LogP contribution in [0, 0.1) is 0 Å². The summed E-state index contributed by atoms with van der Waals surface area (Å²) in [7, 11) is 4.53. The van der Waals surface area contributed by atoms with Gasteiger partial charge >= 0.3 is 0 Å². The molecule has 1 aliphatic rings. The molecule has 28 heavy (non-hydrogen) atoms. The molecule has 1 saturated heterocycles. The van der Waals surface area contributed by atoms with Crippen molar-refractivity contribution in [1.29, 1.82) is 0 Å². The molecule has 2 heterocycles. The molecule has 1 aliphatic heterocycles. The minimum absolute atomic E-state index is 0.209. The van der Waals surface area contributed by atoms with Crippen molar-refractivity contribution in [3.8, 4) is 23.1 Å². The highest BCUT2D eigenvalue weighted by Gasteiger charge is 2.21. The number of nitrogens with one attached hydrogen (secondary N) is 1. The molecule has 11 heteroatoms. The van der Waals surface area contributed by atoms with Gasteiger partial charge in [0, 0.05) is 30.9 Å². The van der Waals surface area contributed by atoms with E-state index >= 15 is 0 Å². The minimum atomic E-state index is -0.352. The largest absolute Gasteiger partial charge is 0.493 e. The number of hydrogen-bond acceptors (Lipinski definition) is 10. The average molecular weight is 410 g/mol. The molecule has 2 aromatic rings. The summed E-state index contributed by atoms with van der Waals surface area (Å²) in [6.45, 7) is 2.45. The van der Waals surface area contributed by atoms with Crippen molar-refractivity contribution in [2.45, 2.75) is 0 Å². The van der Waals surface area contributed by atoms with Gasteiger partial charge in [0.15, 0.2) is 18.1 Å². The van der Waals surface area contributed by atoms with Crippen LogP contribution in [0.4, 0.5) is 11.5 Å². The van der Waals surface area contributed by atoms with E-state index in [1.54, 1.807) is 12.1 Å². The standard InChI is InChI=1S/C17H22N4O6S/c1-23-12-8-11(9-13(24-2)15(12)25-3)18-14(22)10-27-17-16(19-28-20-17)21-4-6-26-7-5-21/h8-9H,4-7,10H2,1-3H3,(H,18,22). The van der Waals surface area contributed by atoms with Gasteiger partial charge in [-0.15, -0.1) is 4.37 Å². The molecule has 10 nitrogen and oxygen atoms in total. The topological polar surface area (TPSA) is 104 Å². The molecule has 152 valence electrons. The molecule has 0 bridgehead atoms. The molecule has 1 aromatic carbocycles. The Morgan fingerprint density at radius 3 is 2.43 bits per heavy atom. The normalized spacial score (nSPS) is 13.8. The van der Waals surface area contributed by atoms with Gasteiger partial charge in [-0.05, 0) is 0 Å². The smallest absolute Gasteiger partial charge is 0.271 e. The maximum absolute atomic E-state index is 12.3. The van der Waals surface area contributed by atoms with Crippen molar-refractivity contribution < 1.29 is 28.5 Å². The summed E-state index contributed by atoms with van der Waals surface area (Å²) in [5.41, 5.74) is 0.493. The summed E-state index contributed by atoms with van der Waals surface area (Å²) < 4.78 is 35.1. The van der Waals surface area contributed by atoms with Crippen molar-refractivity contribution in [2.24, 2.45) is 0 Å². The summed E-state index contributed by atoms with van der Waals surface area (Å²) in [4.78, 5) is 14.3. The fourth-order valence-electron chi connectivity index (χ4n) is 2.72. The van der Waals surface area contributed by atoms with Crippen LogP contribution in [0.25, 0.3) is 0 Å². The number of ether oxygens (including phenoxy) is 5. The number of hydrogen-bond donors (Lipinski definition) is 1. The predicted octanol–water partition coefficient (Wildman–Crippen LogP) is 1.42. The fraction of sp³-hybridized carbons (Fsp3) is 0.471. The first kappa shape index (κ1) is 20.0. The predicted molar refractivity (Wildman–Crippen MR) is 103 cm³/mol. The van der Waals surface area contributed by atoms with Crippen molar-refractivity contribution in [2.75, 3.05) is 64.5 Å². The third-order valence-electron chi connectivity index (χ3n) is 4.04. The van der Waals surface area contributed by atoms with Gasteiger partial charge < -0.3 is 33.9 Å². The van der Waals surface area contributed by atoms with Crippen LogP contribution in [0.3, 0.4) is 0 Å². The molecule has 0 atom stereocenters. The number of methoxy groups -OCH3 is 3. The summed E-state index contributed by atoms with van der Waals surface area (Å²) in [6, 6.07) is 3.28. The van der Waals surface area contributed by atoms with Crippen molar-refractivity contribution >= 4 is 29.1 Å². The lowest BCUT2D eigenvalue weighted by atomic mass is 10.2. The maximum Gasteiger partial charge on any atom is 0.271 e. The zero-order valence-corrected chi connectivity index (χ0v) is 16.7. The van der Waals surface area contributed by atoms with Crippen LogP contribution in [-0.4, -0.2) is 68.9 Å². The van der Waals surface area contributed by atoms with Crippen LogP contribution in [0.5, 0.6) is 23.1 Å². The van der Waals surface area contributed by atoms with E-state index in [2.05, 4.69) is 14.1 Å². The summed E-state index contributed by atoms with van der Waals surface area (Å²) in [5, 5.41) is 2.75. The SMILES string of the molecule is COc1cc(NC(=O)COc2nsnc2N2CCOCC2)cc(OC)c1OC. The van der Waals surface area contributed by atoms with Crippen LogP contribution < -0.4 is 29.2 Å². The van der Waals surface area contributed by atoms with Gasteiger partial charge in [0.25, 0.3) is 11.8 Å². The highest BCUT2D eigenvalue weighted by atomic mass is 32.1. The van der Waals surface area contributed by atoms with Gasteiger partial charge in [0.1, 0.15) is 0 Å². The molecular formula is C17H22N4O6S. The van der Waals surface area contributed by atoms with E-state index in [9.17, 15) is 4.79 Å². The first-order valence-corrected chi connectivity index (χ1v) is 9.27. The molecule has 1 aromatic heterocycles. The number of morpholine rings is 1. The van der Waals surface area contributed by atoms with Crippen LogP contribution in [-0.2, 0) is 9.53 Å². The zero-order valence-electron chi connectivity index (χ0n) is 15.9. The molecule has 0 spiro atoms. The lowest BCUT2D eigenvalue weighted by molar-refractivity contribution is -0.118. The van der Waals surface area contributed by atoms with Gasteiger partial charge in [-0.25, -0.2) is 0 Å². The Bertz CT molecular complexity index is 784. The Labute approximate surface area is 166 Å². The monoisotopic (exact) mass is 410 g/mol. The average Bonchev–Trinajstić information content (AvgIpc) is 3.20. The molecule has 1 N–H and O–H groups in total. The highest BCUT2D eigenvalue weighted by molar-refractivity contribution is 6.99. The lowest BCUT2D eigenvalue weighted by Crippen LogP contribution is -2.36. The van der Waals surface area contributed by atoms with Gasteiger partial charge in [-0.3, -0.25) is 4.79 Å². The highest BCUT2D eigenvalue weighted by Crippen LogP contribution is 2.39. The molecular weight excluding hydrogens is 388 g/mol. The second kappa shape index (κ2) is 9.42. The van der Waals surface area contributed by atoms with Gasteiger partial charge in [-0.1, -0.05) is 0 Å². The Morgan fingerprint density at radius 1 is 1.14 bits per heavy atom. The number of anilines is 2. The van der Waals surface area contributed by atoms with E-state index in [-0.39, 0.29) is 12.5 Å². The lowest BCUT2D eigenvalue weighted by Gasteiger charge is -2.26. The number of carbonyl (C=O) groups excluding carboxylic acids is 1. The first-order chi connectivity index (χ1) is 13.7. The molecule has 3 rings (SSSR count). The van der Waals surface area contributed by atoms with Gasteiger partial charge in [0.05, 0.1) is 46.3 Å². The fourth-order valence-corrected chi connectivity index (χ4v) is 3.24. The third kappa shape index (κ3) is 4.54. The number of aromatic nitrogens is 2. The summed E-state index contributed by atoms with van der Waals surface area (Å²) in [5.74, 6) is 1.95. The second-order valence-electron chi connectivity index (χ2n) is 5.74. The number of amides is 1. The first-order valence-electron chi connectivity index (χ1n) is 8.54. The minimum Gasteiger partial charge on any atom is -0.493 e. The molecule has 0 aliphatic carbocycles. The van der Waals surface area contributed by atoms with E-state index in [0.717, 1.165) is 11.7 Å². The third-order valence-corrected chi connectivity index (χ3v) is 4.54.